The fourth-order valence-corrected chi connectivity index (χ4v) is 3.59. The first-order valence-corrected chi connectivity index (χ1v) is 11.0. The smallest absolute Gasteiger partial charge is 0.275 e. The van der Waals surface area contributed by atoms with E-state index >= 15 is 0 Å². The Balaban J connectivity index is 1.42. The van der Waals surface area contributed by atoms with Crippen LogP contribution in [0.5, 0.6) is 5.75 Å². The molecule has 0 saturated carbocycles. The Bertz CT molecular complexity index is 1320. The lowest BCUT2D eigenvalue weighted by Gasteiger charge is -2.11. The molecule has 4 aromatic rings. The number of amides is 1. The summed E-state index contributed by atoms with van der Waals surface area (Å²) in [5.74, 6) is 0.963. The minimum atomic E-state index is -0.425. The number of rotatable bonds is 7. The first-order valence-electron chi connectivity index (χ1n) is 9.85. The summed E-state index contributed by atoms with van der Waals surface area (Å²) in [6.45, 7) is 0.231. The molecule has 5 nitrogen and oxygen atoms in total. The molecule has 0 radical (unpaired) electrons. The van der Waals surface area contributed by atoms with Crippen LogP contribution < -0.4 is 10.2 Å². The van der Waals surface area contributed by atoms with Gasteiger partial charge in [0.2, 0.25) is 0 Å². The molecule has 1 amide bonds. The monoisotopic (exact) mass is 498 g/mol. The van der Waals surface area contributed by atoms with Crippen LogP contribution in [0, 0.1) is 0 Å². The van der Waals surface area contributed by atoms with Gasteiger partial charge in [0.15, 0.2) is 0 Å². The van der Waals surface area contributed by atoms with Gasteiger partial charge in [-0.1, -0.05) is 65.1 Å². The third-order valence-corrected chi connectivity index (χ3v) is 5.58. The van der Waals surface area contributed by atoms with E-state index in [2.05, 4.69) is 10.5 Å². The molecule has 8 heteroatoms. The molecule has 0 aliphatic heterocycles. The predicted octanol–water partition coefficient (Wildman–Crippen LogP) is 7.25. The van der Waals surface area contributed by atoms with Crippen molar-refractivity contribution in [3.8, 4) is 17.1 Å². The summed E-state index contributed by atoms with van der Waals surface area (Å²) in [6.07, 6.45) is 1.40. The summed E-state index contributed by atoms with van der Waals surface area (Å²) in [5, 5.41) is 5.64. The maximum atomic E-state index is 12.6. The van der Waals surface area contributed by atoms with Gasteiger partial charge in [-0.3, -0.25) is 4.79 Å². The van der Waals surface area contributed by atoms with Gasteiger partial charge in [0, 0.05) is 21.2 Å². The number of benzene rings is 3. The fraction of sp³-hybridized carbons (Fsp3) is 0.0400. The number of carbonyl (C=O) groups is 1. The Morgan fingerprint density at radius 2 is 1.73 bits per heavy atom. The number of carbonyl (C=O) groups excluding carboxylic acids is 1. The number of halogens is 3. The summed E-state index contributed by atoms with van der Waals surface area (Å²) in [6, 6.07) is 22.8. The molecule has 4 rings (SSSR count). The van der Waals surface area contributed by atoms with Gasteiger partial charge in [-0.15, -0.1) is 0 Å². The largest absolute Gasteiger partial charge is 0.488 e. The number of hydrogen-bond acceptors (Lipinski definition) is 4. The van der Waals surface area contributed by atoms with E-state index in [9.17, 15) is 4.79 Å². The lowest BCUT2D eigenvalue weighted by Crippen LogP contribution is -2.18. The predicted molar refractivity (Wildman–Crippen MR) is 131 cm³/mol. The molecule has 33 heavy (non-hydrogen) atoms. The molecule has 166 valence electrons. The summed E-state index contributed by atoms with van der Waals surface area (Å²) in [7, 11) is 0. The fourth-order valence-electron chi connectivity index (χ4n) is 3.02. The van der Waals surface area contributed by atoms with Crippen LogP contribution in [0.15, 0.2) is 88.4 Å². The zero-order valence-corrected chi connectivity index (χ0v) is 19.4. The van der Waals surface area contributed by atoms with Gasteiger partial charge in [-0.25, -0.2) is 5.43 Å². The second kappa shape index (κ2) is 10.6. The molecule has 0 spiro atoms. The third-order valence-electron chi connectivity index (χ3n) is 4.65. The minimum Gasteiger partial charge on any atom is -0.488 e. The van der Waals surface area contributed by atoms with Gasteiger partial charge in [0.25, 0.3) is 5.91 Å². The zero-order valence-electron chi connectivity index (χ0n) is 17.1. The first-order chi connectivity index (χ1) is 16.0. The Morgan fingerprint density at radius 1 is 0.939 bits per heavy atom. The lowest BCUT2D eigenvalue weighted by molar-refractivity contribution is 0.0950. The number of nitrogens with one attached hydrogen (secondary N) is 1. The topological polar surface area (TPSA) is 63.8 Å². The van der Waals surface area contributed by atoms with Crippen molar-refractivity contribution in [1.82, 2.24) is 5.43 Å². The number of ether oxygens (including phenoxy) is 1. The maximum absolute atomic E-state index is 12.6. The van der Waals surface area contributed by atoms with Crippen LogP contribution in [0.3, 0.4) is 0 Å². The van der Waals surface area contributed by atoms with Crippen LogP contribution in [0.25, 0.3) is 11.3 Å². The molecule has 0 saturated heterocycles. The molecule has 1 N–H and O–H groups in total. The number of furan rings is 1. The van der Waals surface area contributed by atoms with E-state index in [4.69, 9.17) is 44.0 Å². The van der Waals surface area contributed by atoms with E-state index < -0.39 is 5.91 Å². The molecule has 3 aromatic carbocycles. The SMILES string of the molecule is O=C(N/N=C/c1ccc(-c2cc(Cl)ccc2Cl)o1)c1ccccc1OCc1ccccc1Cl. The van der Waals surface area contributed by atoms with Crippen molar-refractivity contribution in [2.75, 3.05) is 0 Å². The highest BCUT2D eigenvalue weighted by Crippen LogP contribution is 2.31. The molecule has 0 atom stereocenters. The van der Waals surface area contributed by atoms with Crippen LogP contribution >= 0.6 is 34.8 Å². The second-order valence-electron chi connectivity index (χ2n) is 6.90. The van der Waals surface area contributed by atoms with Gasteiger partial charge in [-0.05, 0) is 48.5 Å². The Kier molecular flexibility index (Phi) is 7.35. The van der Waals surface area contributed by atoms with E-state index in [-0.39, 0.29) is 6.61 Å². The van der Waals surface area contributed by atoms with Crippen LogP contribution in [-0.4, -0.2) is 12.1 Å². The van der Waals surface area contributed by atoms with Crippen LogP contribution in [0.4, 0.5) is 0 Å². The van der Waals surface area contributed by atoms with Crippen molar-refractivity contribution in [1.29, 1.82) is 0 Å². The van der Waals surface area contributed by atoms with Crippen molar-refractivity contribution in [2.45, 2.75) is 6.61 Å². The van der Waals surface area contributed by atoms with Crippen molar-refractivity contribution >= 4 is 46.9 Å². The van der Waals surface area contributed by atoms with E-state index in [1.807, 2.05) is 18.2 Å². The highest BCUT2D eigenvalue weighted by atomic mass is 35.5. The Labute approximate surface area is 205 Å². The van der Waals surface area contributed by atoms with Crippen LogP contribution in [0.2, 0.25) is 15.1 Å². The van der Waals surface area contributed by atoms with Crippen LogP contribution in [0.1, 0.15) is 21.7 Å². The van der Waals surface area contributed by atoms with Crippen molar-refractivity contribution in [3.63, 3.8) is 0 Å². The lowest BCUT2D eigenvalue weighted by atomic mass is 10.2. The first kappa shape index (κ1) is 22.9. The van der Waals surface area contributed by atoms with Crippen molar-refractivity contribution < 1.29 is 13.9 Å². The quantitative estimate of drug-likeness (QED) is 0.215. The van der Waals surface area contributed by atoms with E-state index in [1.165, 1.54) is 6.21 Å². The molecule has 0 aliphatic rings. The maximum Gasteiger partial charge on any atom is 0.275 e. The second-order valence-corrected chi connectivity index (χ2v) is 8.15. The van der Waals surface area contributed by atoms with Crippen molar-refractivity contribution in [3.05, 3.63) is 111 Å². The van der Waals surface area contributed by atoms with E-state index in [1.54, 1.807) is 60.7 Å². The summed E-state index contributed by atoms with van der Waals surface area (Å²) in [4.78, 5) is 12.6. The highest BCUT2D eigenvalue weighted by molar-refractivity contribution is 6.35. The summed E-state index contributed by atoms with van der Waals surface area (Å²) in [5.41, 5.74) is 4.31. The van der Waals surface area contributed by atoms with Crippen molar-refractivity contribution in [2.24, 2.45) is 5.10 Å². The number of nitrogens with zero attached hydrogens (tertiary/aromatic N) is 1. The van der Waals surface area contributed by atoms with E-state index in [0.717, 1.165) is 5.56 Å². The summed E-state index contributed by atoms with van der Waals surface area (Å²) < 4.78 is 11.6. The Hall–Kier alpha value is -3.25. The minimum absolute atomic E-state index is 0.231. The summed E-state index contributed by atoms with van der Waals surface area (Å²) >= 11 is 18.4. The van der Waals surface area contributed by atoms with Gasteiger partial charge in [0.1, 0.15) is 23.9 Å². The molecular weight excluding hydrogens is 483 g/mol. The van der Waals surface area contributed by atoms with Gasteiger partial charge in [-0.2, -0.15) is 5.10 Å². The zero-order chi connectivity index (χ0) is 23.2. The van der Waals surface area contributed by atoms with Gasteiger partial charge in [0.05, 0.1) is 16.8 Å². The molecule has 1 heterocycles. The molecule has 0 bridgehead atoms. The van der Waals surface area contributed by atoms with Gasteiger partial charge >= 0.3 is 0 Å². The normalized spacial score (nSPS) is 11.0. The number of para-hydroxylation sites is 1. The molecule has 1 aromatic heterocycles. The van der Waals surface area contributed by atoms with Gasteiger partial charge < -0.3 is 9.15 Å². The highest BCUT2D eigenvalue weighted by Gasteiger charge is 2.13. The molecule has 0 unspecified atom stereocenters. The molecule has 0 aliphatic carbocycles. The average molecular weight is 500 g/mol. The van der Waals surface area contributed by atoms with Crippen LogP contribution in [-0.2, 0) is 6.61 Å². The third kappa shape index (κ3) is 5.76. The van der Waals surface area contributed by atoms with E-state index in [0.29, 0.717) is 43.5 Å². The number of hydrogen-bond donors (Lipinski definition) is 1. The average Bonchev–Trinajstić information content (AvgIpc) is 3.29. The molecular formula is C25H17Cl3N2O3. The number of hydrazone groups is 1. The molecule has 0 fully saturated rings. The Morgan fingerprint density at radius 3 is 2.58 bits per heavy atom. The standard InChI is InChI=1S/C25H17Cl3N2O3/c26-17-9-11-22(28)20(13-17)24-12-10-18(33-24)14-29-30-25(31)19-6-2-4-8-23(19)32-15-16-5-1-3-7-21(16)27/h1-14H,15H2,(H,30,31)/b29-14+.